The van der Waals surface area contributed by atoms with Gasteiger partial charge in [0.2, 0.25) is 0 Å². The fourth-order valence-electron chi connectivity index (χ4n) is 1.75. The van der Waals surface area contributed by atoms with E-state index in [2.05, 4.69) is 19.6 Å². The fourth-order valence-corrected chi connectivity index (χ4v) is 1.75. The molecule has 0 amide bonds. The number of nitrogens with one attached hydrogen (secondary N) is 1. The second kappa shape index (κ2) is 4.49. The Kier molecular flexibility index (Phi) is 2.68. The molecule has 0 aliphatic carbocycles. The Hall–Kier alpha value is -2.76. The van der Waals surface area contributed by atoms with Crippen molar-refractivity contribution in [3.05, 3.63) is 59.0 Å². The zero-order valence-electron chi connectivity index (χ0n) is 9.63. The molecular weight excluding hydrogens is 249 g/mol. The molecule has 0 bridgehead atoms. The van der Waals surface area contributed by atoms with Crippen LogP contribution in [0.3, 0.4) is 0 Å². The van der Waals surface area contributed by atoms with E-state index >= 15 is 0 Å². The summed E-state index contributed by atoms with van der Waals surface area (Å²) in [5.74, 6) is -0.718. The molecule has 19 heavy (non-hydrogen) atoms. The summed E-state index contributed by atoms with van der Waals surface area (Å²) in [6.07, 6.45) is 1.52. The van der Waals surface area contributed by atoms with E-state index in [-0.39, 0.29) is 11.6 Å². The van der Waals surface area contributed by atoms with Crippen molar-refractivity contribution in [2.45, 2.75) is 0 Å². The lowest BCUT2D eigenvalue weighted by atomic mass is 10.1. The molecule has 6 heteroatoms. The summed E-state index contributed by atoms with van der Waals surface area (Å²) < 4.78 is 18.1. The summed E-state index contributed by atoms with van der Waals surface area (Å²) in [7, 11) is 0. The third-order valence-electron chi connectivity index (χ3n) is 2.62. The highest BCUT2D eigenvalue weighted by Crippen LogP contribution is 2.23. The molecule has 1 aromatic carbocycles. The molecule has 2 heterocycles. The number of halogens is 1. The summed E-state index contributed by atoms with van der Waals surface area (Å²) in [6.45, 7) is 0. The maximum absolute atomic E-state index is 13.7. The number of H-pyrrole nitrogens is 1. The van der Waals surface area contributed by atoms with Crippen LogP contribution in [0.25, 0.3) is 22.6 Å². The second-order valence-corrected chi connectivity index (χ2v) is 3.85. The van der Waals surface area contributed by atoms with Gasteiger partial charge in [-0.3, -0.25) is 14.5 Å². The molecule has 1 N–H and O–H groups in total. The molecule has 3 aromatic rings. The Labute approximate surface area is 106 Å². The number of rotatable bonds is 2. The minimum Gasteiger partial charge on any atom is -0.296 e. The van der Waals surface area contributed by atoms with Crippen molar-refractivity contribution in [2.24, 2.45) is 0 Å². The number of aromatic amines is 1. The zero-order chi connectivity index (χ0) is 13.2. The Morgan fingerprint density at radius 2 is 2.05 bits per heavy atom. The van der Waals surface area contributed by atoms with Crippen molar-refractivity contribution < 1.29 is 8.91 Å². The smallest absolute Gasteiger partial charge is 0.296 e. The summed E-state index contributed by atoms with van der Waals surface area (Å²) in [5, 5.41) is 3.58. The Bertz CT molecular complexity index is 779. The van der Waals surface area contributed by atoms with Crippen LogP contribution in [-0.4, -0.2) is 15.1 Å². The van der Waals surface area contributed by atoms with E-state index in [4.69, 9.17) is 0 Å². The molecule has 0 radical (unpaired) electrons. The van der Waals surface area contributed by atoms with Crippen LogP contribution in [0, 0.1) is 5.82 Å². The number of hydrogen-bond donors (Lipinski definition) is 1. The highest BCUT2D eigenvalue weighted by Gasteiger charge is 2.09. The van der Waals surface area contributed by atoms with E-state index in [9.17, 15) is 9.18 Å². The van der Waals surface area contributed by atoms with Crippen LogP contribution in [0.5, 0.6) is 0 Å². The number of aromatic nitrogens is 3. The minimum atomic E-state index is -0.640. The van der Waals surface area contributed by atoms with Gasteiger partial charge in [0.15, 0.2) is 5.82 Å². The summed E-state index contributed by atoms with van der Waals surface area (Å²) in [4.78, 5) is 17.5. The molecule has 0 aliphatic rings. The van der Waals surface area contributed by atoms with Crippen molar-refractivity contribution in [3.8, 4) is 22.6 Å². The first kappa shape index (κ1) is 11.3. The van der Waals surface area contributed by atoms with Gasteiger partial charge in [0.1, 0.15) is 5.82 Å². The van der Waals surface area contributed by atoms with E-state index in [1.54, 1.807) is 30.3 Å². The molecule has 5 nitrogen and oxygen atoms in total. The third-order valence-corrected chi connectivity index (χ3v) is 2.62. The van der Waals surface area contributed by atoms with Gasteiger partial charge in [-0.05, 0) is 24.3 Å². The van der Waals surface area contributed by atoms with Crippen LogP contribution in [0.2, 0.25) is 0 Å². The van der Waals surface area contributed by atoms with Crippen LogP contribution in [0.1, 0.15) is 0 Å². The maximum atomic E-state index is 13.7. The van der Waals surface area contributed by atoms with E-state index < -0.39 is 5.76 Å². The normalized spacial score (nSPS) is 10.6. The monoisotopic (exact) mass is 257 g/mol. The van der Waals surface area contributed by atoms with E-state index in [1.165, 1.54) is 12.3 Å². The van der Waals surface area contributed by atoms with Crippen LogP contribution in [0.4, 0.5) is 4.39 Å². The van der Waals surface area contributed by atoms with Gasteiger partial charge in [0.05, 0.1) is 5.69 Å². The van der Waals surface area contributed by atoms with Gasteiger partial charge in [-0.25, -0.2) is 9.18 Å². The highest BCUT2D eigenvalue weighted by molar-refractivity contribution is 5.66. The molecule has 2 aromatic heterocycles. The molecular formula is C13H8FN3O2. The SMILES string of the molecule is O=c1[nH]c(-c2ccnc(-c3ccccc3F)c2)no1. The van der Waals surface area contributed by atoms with Gasteiger partial charge < -0.3 is 0 Å². The second-order valence-electron chi connectivity index (χ2n) is 3.85. The summed E-state index contributed by atoms with van der Waals surface area (Å²) in [5.41, 5.74) is 1.44. The Morgan fingerprint density at radius 1 is 1.21 bits per heavy atom. The average molecular weight is 257 g/mol. The first-order chi connectivity index (χ1) is 9.24. The van der Waals surface area contributed by atoms with Gasteiger partial charge in [-0.1, -0.05) is 17.3 Å². The molecule has 0 unspecified atom stereocenters. The molecule has 94 valence electrons. The summed E-state index contributed by atoms with van der Waals surface area (Å²) in [6, 6.07) is 9.61. The van der Waals surface area contributed by atoms with Crippen molar-refractivity contribution in [1.29, 1.82) is 0 Å². The van der Waals surface area contributed by atoms with Crippen molar-refractivity contribution in [2.75, 3.05) is 0 Å². The average Bonchev–Trinajstić information content (AvgIpc) is 2.86. The van der Waals surface area contributed by atoms with Gasteiger partial charge in [0, 0.05) is 17.3 Å². The van der Waals surface area contributed by atoms with E-state index in [0.29, 0.717) is 16.8 Å². The van der Waals surface area contributed by atoms with Gasteiger partial charge in [-0.15, -0.1) is 0 Å². The molecule has 0 saturated heterocycles. The predicted octanol–water partition coefficient (Wildman–Crippen LogP) is 2.23. The third kappa shape index (κ3) is 2.15. The Balaban J connectivity index is 2.10. The topological polar surface area (TPSA) is 71.8 Å². The van der Waals surface area contributed by atoms with Crippen LogP contribution < -0.4 is 5.76 Å². The number of nitrogens with zero attached hydrogens (tertiary/aromatic N) is 2. The molecule has 0 fully saturated rings. The van der Waals surface area contributed by atoms with Gasteiger partial charge in [0.25, 0.3) is 0 Å². The van der Waals surface area contributed by atoms with E-state index in [0.717, 1.165) is 0 Å². The number of benzene rings is 1. The van der Waals surface area contributed by atoms with Crippen molar-refractivity contribution >= 4 is 0 Å². The summed E-state index contributed by atoms with van der Waals surface area (Å²) >= 11 is 0. The standard InChI is InChI=1S/C13H8FN3O2/c14-10-4-2-1-3-9(10)11-7-8(5-6-15-11)12-16-13(18)19-17-12/h1-7H,(H,16,17,18). The quantitative estimate of drug-likeness (QED) is 0.764. The van der Waals surface area contributed by atoms with E-state index in [1.807, 2.05) is 0 Å². The molecule has 0 aliphatic heterocycles. The molecule has 0 saturated carbocycles. The first-order valence-electron chi connectivity index (χ1n) is 5.51. The maximum Gasteiger partial charge on any atom is 0.439 e. The van der Waals surface area contributed by atoms with Crippen molar-refractivity contribution in [1.82, 2.24) is 15.1 Å². The Morgan fingerprint density at radius 3 is 2.79 bits per heavy atom. The van der Waals surface area contributed by atoms with Gasteiger partial charge in [-0.2, -0.15) is 0 Å². The lowest BCUT2D eigenvalue weighted by Gasteiger charge is -2.03. The van der Waals surface area contributed by atoms with Crippen LogP contribution in [0.15, 0.2) is 51.9 Å². The van der Waals surface area contributed by atoms with Crippen LogP contribution in [-0.2, 0) is 0 Å². The lowest BCUT2D eigenvalue weighted by molar-refractivity contribution is 0.388. The van der Waals surface area contributed by atoms with Crippen molar-refractivity contribution in [3.63, 3.8) is 0 Å². The molecule has 3 rings (SSSR count). The first-order valence-corrected chi connectivity index (χ1v) is 5.51. The largest absolute Gasteiger partial charge is 0.439 e. The fraction of sp³-hybridized carbons (Fsp3) is 0. The zero-order valence-corrected chi connectivity index (χ0v) is 9.63. The number of hydrogen-bond acceptors (Lipinski definition) is 4. The number of pyridine rings is 1. The highest BCUT2D eigenvalue weighted by atomic mass is 19.1. The molecule has 0 atom stereocenters. The lowest BCUT2D eigenvalue weighted by Crippen LogP contribution is -1.95. The minimum absolute atomic E-state index is 0.282. The van der Waals surface area contributed by atoms with Gasteiger partial charge >= 0.3 is 5.76 Å². The van der Waals surface area contributed by atoms with Crippen LogP contribution >= 0.6 is 0 Å². The predicted molar refractivity (Wildman–Crippen MR) is 65.7 cm³/mol. The molecule has 0 spiro atoms.